The molecule has 11 aromatic carbocycles. The maximum Gasteiger partial charge on any atom is 0.236 e. The smallest absolute Gasteiger partial charge is 0.236 e. The summed E-state index contributed by atoms with van der Waals surface area (Å²) in [4.78, 5) is 36.5. The van der Waals surface area contributed by atoms with Crippen molar-refractivity contribution in [3.8, 4) is 55.9 Å². The molecule has 0 spiro atoms. The lowest BCUT2D eigenvalue weighted by molar-refractivity contribution is 0.667. The van der Waals surface area contributed by atoms with Gasteiger partial charge in [-0.3, -0.25) is 19.8 Å². The molecule has 10 nitrogen and oxygen atoms in total. The fraction of sp³-hybridized carbons (Fsp3) is 0. The predicted molar refractivity (Wildman–Crippen MR) is 339 cm³/mol. The van der Waals surface area contributed by atoms with Crippen LogP contribution in [0.4, 0.5) is 34.6 Å². The number of furan rings is 2. The Hall–Kier alpha value is -11.6. The SMILES string of the molecule is c1ccc2c3c(ccc2c1)-c1cccc2cccc(c12)N3c1nc(-c2cccc3cc(-c4cccc5c4oc4c(-c6ccncc6)nc(N6c7c(ccc8ccccc78)-c7cccc8cccc6c78)nc45)cnc23)c2oc3ccccc3c2n1. The molecule has 0 unspecified atom stereocenters. The first-order valence-electron chi connectivity index (χ1n) is 28.1. The third-order valence-electron chi connectivity index (χ3n) is 17.2. The second-order valence-electron chi connectivity index (χ2n) is 21.7. The summed E-state index contributed by atoms with van der Waals surface area (Å²) in [6.07, 6.45) is 5.52. The third kappa shape index (κ3) is 6.27. The first kappa shape index (κ1) is 45.1. The van der Waals surface area contributed by atoms with Crippen LogP contribution >= 0.6 is 0 Å². The lowest BCUT2D eigenvalue weighted by atomic mass is 9.89. The van der Waals surface area contributed by atoms with Gasteiger partial charge in [0.15, 0.2) is 11.2 Å². The van der Waals surface area contributed by atoms with E-state index in [1.54, 1.807) is 12.4 Å². The summed E-state index contributed by atoms with van der Waals surface area (Å²) in [5, 5.41) is 11.7. The summed E-state index contributed by atoms with van der Waals surface area (Å²) in [6, 6.07) is 78.8. The molecule has 388 valence electrons. The molecule has 2 aliphatic heterocycles. The van der Waals surface area contributed by atoms with Crippen molar-refractivity contribution in [1.29, 1.82) is 0 Å². The van der Waals surface area contributed by atoms with E-state index in [0.717, 1.165) is 132 Å². The Morgan fingerprint density at radius 1 is 0.321 bits per heavy atom. The van der Waals surface area contributed by atoms with Crippen LogP contribution in [0.25, 0.3) is 154 Å². The molecule has 0 atom stereocenters. The normalized spacial score (nSPS) is 12.7. The maximum atomic E-state index is 7.14. The minimum Gasteiger partial charge on any atom is -0.452 e. The Morgan fingerprint density at radius 3 is 1.50 bits per heavy atom. The molecule has 19 rings (SSSR count). The molecule has 84 heavy (non-hydrogen) atoms. The molecule has 8 heterocycles. The van der Waals surface area contributed by atoms with Crippen LogP contribution in [0, 0.1) is 0 Å². The molecule has 2 aliphatic rings. The van der Waals surface area contributed by atoms with Crippen molar-refractivity contribution in [3.63, 3.8) is 0 Å². The molecule has 17 aromatic rings. The van der Waals surface area contributed by atoms with Gasteiger partial charge in [0.2, 0.25) is 11.9 Å². The lowest BCUT2D eigenvalue weighted by Crippen LogP contribution is -2.18. The van der Waals surface area contributed by atoms with Crippen LogP contribution in [-0.4, -0.2) is 29.9 Å². The first-order valence-corrected chi connectivity index (χ1v) is 28.1. The number of nitrogens with zero attached hydrogens (tertiary/aromatic N) is 8. The van der Waals surface area contributed by atoms with E-state index < -0.39 is 0 Å². The van der Waals surface area contributed by atoms with Gasteiger partial charge in [0.1, 0.15) is 33.6 Å². The Kier molecular flexibility index (Phi) is 9.12. The molecule has 0 radical (unpaired) electrons. The monoisotopic (exact) mass is 1070 g/mol. The quantitative estimate of drug-likeness (QED) is 0.165. The van der Waals surface area contributed by atoms with Crippen molar-refractivity contribution in [2.75, 3.05) is 9.80 Å². The number of para-hydroxylation sites is 3. The molecule has 0 N–H and O–H groups in total. The van der Waals surface area contributed by atoms with Crippen LogP contribution in [0.15, 0.2) is 252 Å². The number of hydrogen-bond donors (Lipinski definition) is 0. The largest absolute Gasteiger partial charge is 0.452 e. The van der Waals surface area contributed by atoms with E-state index in [4.69, 9.17) is 33.8 Å². The van der Waals surface area contributed by atoms with E-state index in [9.17, 15) is 0 Å². The summed E-state index contributed by atoms with van der Waals surface area (Å²) in [5.74, 6) is 1.07. The fourth-order valence-electron chi connectivity index (χ4n) is 13.6. The summed E-state index contributed by atoms with van der Waals surface area (Å²) < 4.78 is 13.9. The molecule has 0 aliphatic carbocycles. The number of aromatic nitrogens is 6. The number of benzene rings is 11. The molecule has 0 amide bonds. The average molecular weight is 1070 g/mol. The molecule has 0 saturated heterocycles. The molecule has 0 saturated carbocycles. The van der Waals surface area contributed by atoms with Crippen molar-refractivity contribution in [2.45, 2.75) is 0 Å². The van der Waals surface area contributed by atoms with Crippen LogP contribution in [0.1, 0.15) is 0 Å². The summed E-state index contributed by atoms with van der Waals surface area (Å²) in [7, 11) is 0. The van der Waals surface area contributed by atoms with Gasteiger partial charge in [-0.1, -0.05) is 176 Å². The topological polar surface area (TPSA) is 110 Å². The van der Waals surface area contributed by atoms with Crippen LogP contribution in [-0.2, 0) is 0 Å². The van der Waals surface area contributed by atoms with Crippen molar-refractivity contribution >= 4 is 133 Å². The third-order valence-corrected chi connectivity index (χ3v) is 17.2. The number of anilines is 6. The molecule has 6 aromatic heterocycles. The van der Waals surface area contributed by atoms with Crippen molar-refractivity contribution in [3.05, 3.63) is 243 Å². The second-order valence-corrected chi connectivity index (χ2v) is 21.7. The van der Waals surface area contributed by atoms with Crippen molar-refractivity contribution < 1.29 is 8.83 Å². The maximum absolute atomic E-state index is 7.14. The van der Waals surface area contributed by atoms with Gasteiger partial charge in [0, 0.05) is 89.7 Å². The van der Waals surface area contributed by atoms with Crippen LogP contribution in [0.5, 0.6) is 0 Å². The highest BCUT2D eigenvalue weighted by atomic mass is 16.3. The minimum atomic E-state index is 0.533. The molecule has 0 bridgehead atoms. The van der Waals surface area contributed by atoms with E-state index in [1.165, 1.54) is 11.1 Å². The van der Waals surface area contributed by atoms with Gasteiger partial charge in [0.25, 0.3) is 0 Å². The van der Waals surface area contributed by atoms with E-state index in [0.29, 0.717) is 45.6 Å². The zero-order valence-electron chi connectivity index (χ0n) is 44.5. The second kappa shape index (κ2) is 17.0. The number of fused-ring (bicyclic) bond motifs is 15. The first-order chi connectivity index (χ1) is 41.7. The average Bonchev–Trinajstić information content (AvgIpc) is 4.36. The summed E-state index contributed by atoms with van der Waals surface area (Å²) in [5.41, 5.74) is 18.2. The van der Waals surface area contributed by atoms with Gasteiger partial charge in [-0.15, -0.1) is 0 Å². The standard InChI is InChI=1S/C74H40N8O2/c1-3-20-48-41(13-1)31-33-53-51-24-7-15-43-17-10-28-58(61(43)51)81(68(48)53)73-77-64(45-35-37-75-38-36-45)71-67(80-73)57-27-12-23-50(70(57)84-71)47-39-46-19-9-26-56(63(46)76-40-47)66-72-65(55-22-5-6-30-60(55)83-72)78-74(79-66)82-59-29-11-18-44-16-8-25-52(62(44)59)54-34-32-42-14-2-4-21-49(42)69(54)82/h1-40H. The highest BCUT2D eigenvalue weighted by Gasteiger charge is 2.34. The molecule has 0 fully saturated rings. The zero-order valence-corrected chi connectivity index (χ0v) is 44.5. The van der Waals surface area contributed by atoms with E-state index in [-0.39, 0.29) is 0 Å². The van der Waals surface area contributed by atoms with Gasteiger partial charge >= 0.3 is 0 Å². The zero-order chi connectivity index (χ0) is 54.7. The fourth-order valence-corrected chi connectivity index (χ4v) is 13.6. The highest BCUT2D eigenvalue weighted by Crippen LogP contribution is 2.56. The van der Waals surface area contributed by atoms with E-state index in [1.807, 2.05) is 36.5 Å². The minimum absolute atomic E-state index is 0.533. The summed E-state index contributed by atoms with van der Waals surface area (Å²) in [6.45, 7) is 0. The van der Waals surface area contributed by atoms with Gasteiger partial charge in [-0.25, -0.2) is 19.9 Å². The highest BCUT2D eigenvalue weighted by molar-refractivity contribution is 6.21. The van der Waals surface area contributed by atoms with Crippen LogP contribution in [0.3, 0.4) is 0 Å². The number of rotatable bonds is 5. The lowest BCUT2D eigenvalue weighted by Gasteiger charge is -2.33. The Labute approximate surface area is 477 Å². The van der Waals surface area contributed by atoms with Gasteiger partial charge in [-0.05, 0) is 81.2 Å². The molecular formula is C74H40N8O2. The number of hydrogen-bond acceptors (Lipinski definition) is 10. The predicted octanol–water partition coefficient (Wildman–Crippen LogP) is 19.5. The Bertz CT molecular complexity index is 5720. The molecule has 10 heteroatoms. The Morgan fingerprint density at radius 2 is 0.833 bits per heavy atom. The van der Waals surface area contributed by atoms with Crippen LogP contribution < -0.4 is 9.80 Å². The molecular weight excluding hydrogens is 1030 g/mol. The summed E-state index contributed by atoms with van der Waals surface area (Å²) >= 11 is 0. The van der Waals surface area contributed by atoms with Crippen LogP contribution in [0.2, 0.25) is 0 Å². The number of pyridine rings is 2. The van der Waals surface area contributed by atoms with Gasteiger partial charge < -0.3 is 8.83 Å². The van der Waals surface area contributed by atoms with Crippen molar-refractivity contribution in [2.24, 2.45) is 0 Å². The van der Waals surface area contributed by atoms with Gasteiger partial charge in [-0.2, -0.15) is 0 Å². The Balaban J connectivity index is 0.807. The van der Waals surface area contributed by atoms with Gasteiger partial charge in [0.05, 0.1) is 28.3 Å². The van der Waals surface area contributed by atoms with E-state index in [2.05, 4.69) is 209 Å². The van der Waals surface area contributed by atoms with E-state index >= 15 is 0 Å². The van der Waals surface area contributed by atoms with Crippen molar-refractivity contribution in [1.82, 2.24) is 29.9 Å².